The van der Waals surface area contributed by atoms with E-state index in [4.69, 9.17) is 11.0 Å². The number of halogens is 3. The number of aromatic nitrogens is 1. The number of nitrogens with two attached hydrogens (primary N) is 1. The molecule has 0 radical (unpaired) electrons. The number of nitrogen functional groups attached to an aromatic ring is 1. The van der Waals surface area contributed by atoms with Crippen LogP contribution in [0.4, 0.5) is 30.4 Å². The Morgan fingerprint density at radius 1 is 1.20 bits per heavy atom. The third-order valence-corrected chi connectivity index (χ3v) is 2.46. The van der Waals surface area contributed by atoms with Gasteiger partial charge in [0.15, 0.2) is 0 Å². The summed E-state index contributed by atoms with van der Waals surface area (Å²) in [5.74, 6) is -0.159. The summed E-state index contributed by atoms with van der Waals surface area (Å²) in [6, 6.07) is 10.0. The van der Waals surface area contributed by atoms with Gasteiger partial charge in [-0.25, -0.2) is 4.98 Å². The van der Waals surface area contributed by atoms with E-state index >= 15 is 0 Å². The molecule has 2 rings (SSSR count). The lowest BCUT2D eigenvalue weighted by Crippen LogP contribution is -2.10. The third kappa shape index (κ3) is 2.98. The molecule has 0 fully saturated rings. The molecule has 0 saturated carbocycles. The van der Waals surface area contributed by atoms with Crippen LogP contribution < -0.4 is 11.1 Å². The third-order valence-electron chi connectivity index (χ3n) is 2.46. The molecule has 102 valence electrons. The van der Waals surface area contributed by atoms with Crippen LogP contribution in [-0.2, 0) is 6.18 Å². The zero-order valence-electron chi connectivity index (χ0n) is 10.1. The van der Waals surface area contributed by atoms with Gasteiger partial charge in [0.25, 0.3) is 0 Å². The smallest absolute Gasteiger partial charge is 0.399 e. The highest BCUT2D eigenvalue weighted by molar-refractivity contribution is 5.65. The zero-order chi connectivity index (χ0) is 14.8. The van der Waals surface area contributed by atoms with Crippen LogP contribution in [0.5, 0.6) is 0 Å². The van der Waals surface area contributed by atoms with E-state index < -0.39 is 11.9 Å². The molecule has 0 saturated heterocycles. The van der Waals surface area contributed by atoms with E-state index in [-0.39, 0.29) is 11.4 Å². The van der Waals surface area contributed by atoms with Crippen LogP contribution in [0.3, 0.4) is 0 Å². The fourth-order valence-electron chi connectivity index (χ4n) is 1.56. The molecule has 0 aliphatic heterocycles. The first-order valence-electron chi connectivity index (χ1n) is 5.51. The molecule has 1 heterocycles. The molecule has 0 atom stereocenters. The van der Waals surface area contributed by atoms with Crippen LogP contribution in [0.15, 0.2) is 36.4 Å². The van der Waals surface area contributed by atoms with Gasteiger partial charge in [-0.05, 0) is 30.3 Å². The fraction of sp³-hybridized carbons (Fsp3) is 0.0769. The second-order valence-electron chi connectivity index (χ2n) is 3.95. The first-order chi connectivity index (χ1) is 9.40. The topological polar surface area (TPSA) is 74.7 Å². The molecule has 0 spiro atoms. The molecule has 2 aromatic rings. The molecule has 3 N–H and O–H groups in total. The fourth-order valence-corrected chi connectivity index (χ4v) is 1.56. The predicted molar refractivity (Wildman–Crippen MR) is 68.1 cm³/mol. The minimum Gasteiger partial charge on any atom is -0.399 e. The SMILES string of the molecule is N#Cc1ccc(C(F)(F)F)nc1Nc1cccc(N)c1. The lowest BCUT2D eigenvalue weighted by Gasteiger charge is -2.11. The van der Waals surface area contributed by atoms with Gasteiger partial charge >= 0.3 is 6.18 Å². The number of rotatable bonds is 2. The molecule has 7 heteroatoms. The van der Waals surface area contributed by atoms with Crippen molar-refractivity contribution in [3.8, 4) is 6.07 Å². The molecule has 0 aliphatic rings. The van der Waals surface area contributed by atoms with Crippen molar-refractivity contribution in [2.24, 2.45) is 0 Å². The van der Waals surface area contributed by atoms with Gasteiger partial charge in [0.05, 0.1) is 5.56 Å². The second-order valence-corrected chi connectivity index (χ2v) is 3.95. The molecule has 0 amide bonds. The largest absolute Gasteiger partial charge is 0.433 e. The maximum absolute atomic E-state index is 12.6. The Kier molecular flexibility index (Phi) is 3.48. The summed E-state index contributed by atoms with van der Waals surface area (Å²) in [5.41, 5.74) is 5.42. The van der Waals surface area contributed by atoms with Gasteiger partial charge < -0.3 is 11.1 Å². The van der Waals surface area contributed by atoms with Crippen LogP contribution in [-0.4, -0.2) is 4.98 Å². The average Bonchev–Trinajstić information content (AvgIpc) is 2.37. The maximum Gasteiger partial charge on any atom is 0.433 e. The first kappa shape index (κ1) is 13.7. The molecule has 4 nitrogen and oxygen atoms in total. The van der Waals surface area contributed by atoms with Gasteiger partial charge in [-0.15, -0.1) is 0 Å². The minimum absolute atomic E-state index is 0.0143. The van der Waals surface area contributed by atoms with E-state index in [1.54, 1.807) is 24.3 Å². The first-order valence-corrected chi connectivity index (χ1v) is 5.51. The second kappa shape index (κ2) is 5.09. The van der Waals surface area contributed by atoms with Gasteiger partial charge in [-0.3, -0.25) is 0 Å². The monoisotopic (exact) mass is 278 g/mol. The minimum atomic E-state index is -4.57. The van der Waals surface area contributed by atoms with Crippen LogP contribution in [0.1, 0.15) is 11.3 Å². The highest BCUT2D eigenvalue weighted by atomic mass is 19.4. The van der Waals surface area contributed by atoms with Crippen molar-refractivity contribution >= 4 is 17.2 Å². The molecule has 20 heavy (non-hydrogen) atoms. The van der Waals surface area contributed by atoms with E-state index in [0.29, 0.717) is 11.4 Å². The van der Waals surface area contributed by atoms with Crippen molar-refractivity contribution in [2.75, 3.05) is 11.1 Å². The number of nitrogens with one attached hydrogen (secondary N) is 1. The number of anilines is 3. The Labute approximate surface area is 112 Å². The van der Waals surface area contributed by atoms with Gasteiger partial charge in [-0.1, -0.05) is 6.07 Å². The Hall–Kier alpha value is -2.75. The Bertz CT molecular complexity index is 674. The molecule has 0 bridgehead atoms. The quantitative estimate of drug-likeness (QED) is 0.826. The number of hydrogen-bond acceptors (Lipinski definition) is 4. The summed E-state index contributed by atoms with van der Waals surface area (Å²) in [7, 11) is 0. The normalized spacial score (nSPS) is 10.9. The van der Waals surface area contributed by atoms with Crippen molar-refractivity contribution in [3.05, 3.63) is 47.7 Å². The molecular weight excluding hydrogens is 269 g/mol. The van der Waals surface area contributed by atoms with Crippen LogP contribution >= 0.6 is 0 Å². The van der Waals surface area contributed by atoms with E-state index in [9.17, 15) is 13.2 Å². The van der Waals surface area contributed by atoms with E-state index in [1.807, 2.05) is 0 Å². The van der Waals surface area contributed by atoms with Crippen molar-refractivity contribution in [1.29, 1.82) is 5.26 Å². The Morgan fingerprint density at radius 2 is 1.95 bits per heavy atom. The molecular formula is C13H9F3N4. The van der Waals surface area contributed by atoms with Crippen molar-refractivity contribution in [1.82, 2.24) is 4.98 Å². The standard InChI is InChI=1S/C13H9F3N4/c14-13(15,16)11-5-4-8(7-17)12(20-11)19-10-3-1-2-9(18)6-10/h1-6H,18H2,(H,19,20). The average molecular weight is 278 g/mol. The van der Waals surface area contributed by atoms with Crippen LogP contribution in [0.2, 0.25) is 0 Å². The number of nitrogens with zero attached hydrogens (tertiary/aromatic N) is 2. The molecule has 0 aliphatic carbocycles. The van der Waals surface area contributed by atoms with Crippen LogP contribution in [0.25, 0.3) is 0 Å². The number of benzene rings is 1. The molecule has 0 unspecified atom stereocenters. The van der Waals surface area contributed by atoms with Crippen LogP contribution in [0, 0.1) is 11.3 Å². The van der Waals surface area contributed by atoms with Crippen molar-refractivity contribution < 1.29 is 13.2 Å². The maximum atomic E-state index is 12.6. The van der Waals surface area contributed by atoms with E-state index in [1.165, 1.54) is 6.07 Å². The van der Waals surface area contributed by atoms with Gasteiger partial charge in [0.1, 0.15) is 17.6 Å². The summed E-state index contributed by atoms with van der Waals surface area (Å²) >= 11 is 0. The molecule has 1 aromatic carbocycles. The number of hydrogen-bond donors (Lipinski definition) is 2. The summed E-state index contributed by atoms with van der Waals surface area (Å²) in [5, 5.41) is 11.6. The highest BCUT2D eigenvalue weighted by Gasteiger charge is 2.33. The Balaban J connectivity index is 2.42. The zero-order valence-corrected chi connectivity index (χ0v) is 10.1. The summed E-state index contributed by atoms with van der Waals surface area (Å²) in [6.07, 6.45) is -4.57. The van der Waals surface area contributed by atoms with E-state index in [2.05, 4.69) is 10.3 Å². The number of pyridine rings is 1. The summed E-state index contributed by atoms with van der Waals surface area (Å²) in [6.45, 7) is 0. The lowest BCUT2D eigenvalue weighted by molar-refractivity contribution is -0.141. The van der Waals surface area contributed by atoms with Gasteiger partial charge in [0, 0.05) is 11.4 Å². The lowest BCUT2D eigenvalue weighted by atomic mass is 10.2. The predicted octanol–water partition coefficient (Wildman–Crippen LogP) is 3.30. The van der Waals surface area contributed by atoms with Gasteiger partial charge in [0.2, 0.25) is 0 Å². The number of nitriles is 1. The summed E-state index contributed by atoms with van der Waals surface area (Å²) < 4.78 is 37.8. The van der Waals surface area contributed by atoms with Gasteiger partial charge in [-0.2, -0.15) is 18.4 Å². The summed E-state index contributed by atoms with van der Waals surface area (Å²) in [4.78, 5) is 3.44. The molecule has 1 aromatic heterocycles. The van der Waals surface area contributed by atoms with E-state index in [0.717, 1.165) is 12.1 Å². The number of alkyl halides is 3. The van der Waals surface area contributed by atoms with Crippen molar-refractivity contribution in [3.63, 3.8) is 0 Å². The highest BCUT2D eigenvalue weighted by Crippen LogP contribution is 2.30. The Morgan fingerprint density at radius 3 is 2.55 bits per heavy atom. The van der Waals surface area contributed by atoms with Crippen molar-refractivity contribution in [2.45, 2.75) is 6.18 Å².